The average molecular weight is 237 g/mol. The number of hydrogen-bond donors (Lipinski definition) is 0. The summed E-state index contributed by atoms with van der Waals surface area (Å²) in [7, 11) is 1.35. The first kappa shape index (κ1) is 13.5. The van der Waals surface area contributed by atoms with E-state index in [1.807, 2.05) is 6.92 Å². The highest BCUT2D eigenvalue weighted by molar-refractivity contribution is 5.89. The Kier molecular flexibility index (Phi) is 4.94. The van der Waals surface area contributed by atoms with Gasteiger partial charge in [0.1, 0.15) is 0 Å². The summed E-state index contributed by atoms with van der Waals surface area (Å²) in [6.07, 6.45) is 2.57. The lowest BCUT2D eigenvalue weighted by molar-refractivity contribution is 0.0599. The number of nitrogens with zero attached hydrogens (tertiary/aromatic N) is 1. The Hall–Kier alpha value is -1.58. The molecule has 1 unspecified atom stereocenters. The maximum Gasteiger partial charge on any atom is 0.338 e. The first-order valence-electron chi connectivity index (χ1n) is 5.74. The van der Waals surface area contributed by atoms with Crippen molar-refractivity contribution < 1.29 is 14.3 Å². The molecule has 0 bridgehead atoms. The van der Waals surface area contributed by atoms with E-state index < -0.39 is 0 Å². The van der Waals surface area contributed by atoms with Gasteiger partial charge in [-0.3, -0.25) is 0 Å². The number of carbonyl (C=O) groups is 1. The van der Waals surface area contributed by atoms with Crippen molar-refractivity contribution in [1.29, 1.82) is 0 Å². The van der Waals surface area contributed by atoms with Crippen LogP contribution in [-0.4, -0.2) is 24.2 Å². The van der Waals surface area contributed by atoms with Crippen molar-refractivity contribution in [2.75, 3.05) is 7.11 Å². The number of ether oxygens (including phenoxy) is 2. The fraction of sp³-hybridized carbons (Fsp3) is 0.538. The highest BCUT2D eigenvalue weighted by atomic mass is 16.5. The van der Waals surface area contributed by atoms with Crippen molar-refractivity contribution in [3.8, 4) is 5.88 Å². The summed E-state index contributed by atoms with van der Waals surface area (Å²) < 4.78 is 10.3. The summed E-state index contributed by atoms with van der Waals surface area (Å²) in [4.78, 5) is 15.4. The second-order valence-electron chi connectivity index (χ2n) is 4.43. The number of esters is 1. The van der Waals surface area contributed by atoms with E-state index in [0.717, 1.165) is 6.42 Å². The predicted octanol–water partition coefficient (Wildman–Crippen LogP) is 2.68. The van der Waals surface area contributed by atoms with Crippen LogP contribution >= 0.6 is 0 Å². The Bertz CT molecular complexity index is 377. The topological polar surface area (TPSA) is 48.4 Å². The van der Waals surface area contributed by atoms with Crippen LogP contribution < -0.4 is 4.74 Å². The molecule has 1 aromatic rings. The molecule has 4 heteroatoms. The zero-order valence-corrected chi connectivity index (χ0v) is 10.8. The second kappa shape index (κ2) is 6.23. The molecule has 1 heterocycles. The lowest BCUT2D eigenvalue weighted by Crippen LogP contribution is -2.15. The van der Waals surface area contributed by atoms with Crippen molar-refractivity contribution in [1.82, 2.24) is 4.98 Å². The molecular weight excluding hydrogens is 218 g/mol. The molecule has 1 atom stereocenters. The fourth-order valence-electron chi connectivity index (χ4n) is 1.64. The molecule has 0 fully saturated rings. The first-order valence-corrected chi connectivity index (χ1v) is 5.74. The van der Waals surface area contributed by atoms with Gasteiger partial charge in [-0.1, -0.05) is 13.8 Å². The molecule has 0 aliphatic rings. The van der Waals surface area contributed by atoms with Gasteiger partial charge in [0.15, 0.2) is 0 Å². The molecule has 0 N–H and O–H groups in total. The van der Waals surface area contributed by atoms with E-state index in [1.54, 1.807) is 18.3 Å². The molecule has 0 aliphatic carbocycles. The van der Waals surface area contributed by atoms with Crippen LogP contribution in [-0.2, 0) is 4.74 Å². The third-order valence-corrected chi connectivity index (χ3v) is 2.28. The number of carbonyl (C=O) groups excluding carboxylic acids is 1. The van der Waals surface area contributed by atoms with Crippen LogP contribution in [0.4, 0.5) is 0 Å². The van der Waals surface area contributed by atoms with Gasteiger partial charge in [-0.05, 0) is 25.3 Å². The van der Waals surface area contributed by atoms with Crippen molar-refractivity contribution in [3.05, 3.63) is 23.9 Å². The molecule has 0 aromatic carbocycles. The highest BCUT2D eigenvalue weighted by Gasteiger charge is 2.10. The van der Waals surface area contributed by atoms with Gasteiger partial charge >= 0.3 is 5.97 Å². The minimum atomic E-state index is -0.381. The smallest absolute Gasteiger partial charge is 0.338 e. The van der Waals surface area contributed by atoms with Crippen LogP contribution in [0.1, 0.15) is 37.6 Å². The normalized spacial score (nSPS) is 12.3. The maximum absolute atomic E-state index is 11.3. The molecule has 0 radical (unpaired) electrons. The van der Waals surface area contributed by atoms with E-state index in [2.05, 4.69) is 23.6 Å². The van der Waals surface area contributed by atoms with Gasteiger partial charge in [0, 0.05) is 12.3 Å². The Labute approximate surface area is 102 Å². The van der Waals surface area contributed by atoms with Gasteiger partial charge in [-0.15, -0.1) is 0 Å². The van der Waals surface area contributed by atoms with E-state index in [0.29, 0.717) is 17.4 Å². The molecule has 4 nitrogen and oxygen atoms in total. The maximum atomic E-state index is 11.3. The number of hydrogen-bond acceptors (Lipinski definition) is 4. The van der Waals surface area contributed by atoms with E-state index in [1.165, 1.54) is 7.11 Å². The summed E-state index contributed by atoms with van der Waals surface area (Å²) >= 11 is 0. The molecule has 0 amide bonds. The Morgan fingerprint density at radius 2 is 2.12 bits per heavy atom. The van der Waals surface area contributed by atoms with Crippen LogP contribution in [0.5, 0.6) is 5.88 Å². The van der Waals surface area contributed by atoms with Crippen LogP contribution in [0.15, 0.2) is 18.3 Å². The summed E-state index contributed by atoms with van der Waals surface area (Å²) in [5.74, 6) is 0.642. The molecule has 0 aliphatic heterocycles. The summed E-state index contributed by atoms with van der Waals surface area (Å²) in [6.45, 7) is 6.27. The molecule has 17 heavy (non-hydrogen) atoms. The van der Waals surface area contributed by atoms with Crippen molar-refractivity contribution in [2.24, 2.45) is 5.92 Å². The molecular formula is C13H19NO3. The number of rotatable bonds is 5. The number of methoxy groups -OCH3 is 1. The standard InChI is InChI=1S/C13H19NO3/c1-9(2)7-10(3)17-12-8-11(5-6-14-12)13(15)16-4/h5-6,8-10H,7H2,1-4H3. The van der Waals surface area contributed by atoms with Gasteiger partial charge in [-0.25, -0.2) is 9.78 Å². The van der Waals surface area contributed by atoms with Gasteiger partial charge < -0.3 is 9.47 Å². The second-order valence-corrected chi connectivity index (χ2v) is 4.43. The van der Waals surface area contributed by atoms with Crippen LogP contribution in [0.25, 0.3) is 0 Å². The third-order valence-electron chi connectivity index (χ3n) is 2.28. The van der Waals surface area contributed by atoms with E-state index in [4.69, 9.17) is 4.74 Å². The van der Waals surface area contributed by atoms with Crippen molar-refractivity contribution in [2.45, 2.75) is 33.3 Å². The minimum absolute atomic E-state index is 0.0791. The first-order chi connectivity index (χ1) is 8.02. The Morgan fingerprint density at radius 1 is 1.41 bits per heavy atom. The quantitative estimate of drug-likeness (QED) is 0.739. The minimum Gasteiger partial charge on any atom is -0.475 e. The van der Waals surface area contributed by atoms with E-state index >= 15 is 0 Å². The highest BCUT2D eigenvalue weighted by Crippen LogP contribution is 2.15. The zero-order valence-electron chi connectivity index (χ0n) is 10.8. The number of pyridine rings is 1. The summed E-state index contributed by atoms with van der Waals surface area (Å²) in [5.41, 5.74) is 0.453. The lowest BCUT2D eigenvalue weighted by Gasteiger charge is -2.15. The van der Waals surface area contributed by atoms with E-state index in [-0.39, 0.29) is 12.1 Å². The molecule has 0 saturated carbocycles. The van der Waals surface area contributed by atoms with E-state index in [9.17, 15) is 4.79 Å². The monoisotopic (exact) mass is 237 g/mol. The predicted molar refractivity (Wildman–Crippen MR) is 65.1 cm³/mol. The largest absolute Gasteiger partial charge is 0.475 e. The van der Waals surface area contributed by atoms with Gasteiger partial charge in [-0.2, -0.15) is 0 Å². The molecule has 0 spiro atoms. The molecule has 1 rings (SSSR count). The van der Waals surface area contributed by atoms with Crippen LogP contribution in [0.2, 0.25) is 0 Å². The lowest BCUT2D eigenvalue weighted by atomic mass is 10.1. The number of aromatic nitrogens is 1. The van der Waals surface area contributed by atoms with Crippen LogP contribution in [0.3, 0.4) is 0 Å². The van der Waals surface area contributed by atoms with Gasteiger partial charge in [0.2, 0.25) is 5.88 Å². The van der Waals surface area contributed by atoms with Gasteiger partial charge in [0.25, 0.3) is 0 Å². The zero-order chi connectivity index (χ0) is 12.8. The van der Waals surface area contributed by atoms with Gasteiger partial charge in [0.05, 0.1) is 18.8 Å². The third kappa shape index (κ3) is 4.43. The summed E-state index contributed by atoms with van der Waals surface area (Å²) in [5, 5.41) is 0. The molecule has 1 aromatic heterocycles. The molecule has 94 valence electrons. The summed E-state index contributed by atoms with van der Waals surface area (Å²) in [6, 6.07) is 3.20. The van der Waals surface area contributed by atoms with Crippen molar-refractivity contribution in [3.63, 3.8) is 0 Å². The fourth-order valence-corrected chi connectivity index (χ4v) is 1.64. The molecule has 0 saturated heterocycles. The Morgan fingerprint density at radius 3 is 2.71 bits per heavy atom. The van der Waals surface area contributed by atoms with Crippen molar-refractivity contribution >= 4 is 5.97 Å². The van der Waals surface area contributed by atoms with Crippen LogP contribution in [0, 0.1) is 5.92 Å². The SMILES string of the molecule is COC(=O)c1ccnc(OC(C)CC(C)C)c1. The average Bonchev–Trinajstić information content (AvgIpc) is 2.27. The Balaban J connectivity index is 2.68.